The van der Waals surface area contributed by atoms with Crippen molar-refractivity contribution >= 4 is 50.8 Å². The second-order valence-corrected chi connectivity index (χ2v) is 8.75. The van der Waals surface area contributed by atoms with Gasteiger partial charge in [0.05, 0.1) is 28.7 Å². The molecule has 2 N–H and O–H groups in total. The summed E-state index contributed by atoms with van der Waals surface area (Å²) in [4.78, 5) is 23.4. The summed E-state index contributed by atoms with van der Waals surface area (Å²) < 4.78 is 6.65. The van der Waals surface area contributed by atoms with Crippen molar-refractivity contribution < 1.29 is 9.53 Å². The first-order valence-corrected chi connectivity index (χ1v) is 11.5. The Morgan fingerprint density at radius 3 is 2.66 bits per heavy atom. The van der Waals surface area contributed by atoms with Crippen LogP contribution in [0.1, 0.15) is 23.2 Å². The number of anilines is 3. The van der Waals surface area contributed by atoms with Gasteiger partial charge in [-0.15, -0.1) is 0 Å². The summed E-state index contributed by atoms with van der Waals surface area (Å²) in [5.41, 5.74) is 1.65. The average Bonchev–Trinajstić information content (AvgIpc) is 3.31. The fraction of sp³-hybridized carbons (Fsp3) is 0.261. The molecule has 2 aromatic carbocycles. The summed E-state index contributed by atoms with van der Waals surface area (Å²) >= 11 is 9.46. The molecule has 1 aliphatic heterocycles. The monoisotopic (exact) mass is 515 g/mol. The fourth-order valence-corrected chi connectivity index (χ4v) is 3.98. The van der Waals surface area contributed by atoms with Gasteiger partial charge in [-0.1, -0.05) is 33.6 Å². The third-order valence-electron chi connectivity index (χ3n) is 5.05. The van der Waals surface area contributed by atoms with Gasteiger partial charge >= 0.3 is 0 Å². The lowest BCUT2D eigenvalue weighted by atomic mass is 10.2. The van der Waals surface area contributed by atoms with Gasteiger partial charge in [0.25, 0.3) is 5.91 Å². The lowest BCUT2D eigenvalue weighted by molar-refractivity contribution is 0.102. The summed E-state index contributed by atoms with van der Waals surface area (Å²) in [7, 11) is 0. The lowest BCUT2D eigenvalue weighted by Gasteiger charge is -2.15. The van der Waals surface area contributed by atoms with E-state index in [1.807, 2.05) is 24.3 Å². The van der Waals surface area contributed by atoms with Gasteiger partial charge in [0.15, 0.2) is 0 Å². The Hall–Kier alpha value is -2.68. The third kappa shape index (κ3) is 6.18. The van der Waals surface area contributed by atoms with Crippen LogP contribution in [0.25, 0.3) is 0 Å². The summed E-state index contributed by atoms with van der Waals surface area (Å²) in [5, 5.41) is 6.27. The van der Waals surface area contributed by atoms with Gasteiger partial charge in [0.1, 0.15) is 12.4 Å². The molecule has 4 rings (SSSR count). The molecule has 1 aromatic heterocycles. The predicted molar refractivity (Wildman–Crippen MR) is 130 cm³/mol. The first-order chi connectivity index (χ1) is 15.6. The minimum atomic E-state index is -0.334. The number of likely N-dealkylation sites (tertiary alicyclic amines) is 1. The zero-order chi connectivity index (χ0) is 22.3. The van der Waals surface area contributed by atoms with E-state index in [1.165, 1.54) is 25.2 Å². The fourth-order valence-electron chi connectivity index (χ4n) is 3.42. The normalized spacial score (nSPS) is 13.7. The Morgan fingerprint density at radius 1 is 1.09 bits per heavy atom. The summed E-state index contributed by atoms with van der Waals surface area (Å²) in [6, 6.07) is 12.8. The molecule has 1 saturated heterocycles. The quantitative estimate of drug-likeness (QED) is 0.419. The first-order valence-electron chi connectivity index (χ1n) is 10.4. The maximum Gasteiger partial charge on any atom is 0.257 e. The highest BCUT2D eigenvalue weighted by Gasteiger charge is 2.12. The molecule has 0 atom stereocenters. The Bertz CT molecular complexity index is 1070. The van der Waals surface area contributed by atoms with Crippen molar-refractivity contribution in [2.75, 3.05) is 36.9 Å². The van der Waals surface area contributed by atoms with Crippen LogP contribution in [0.15, 0.2) is 59.3 Å². The van der Waals surface area contributed by atoms with Crippen LogP contribution in [0.4, 0.5) is 17.3 Å². The molecule has 1 aliphatic rings. The van der Waals surface area contributed by atoms with Crippen LogP contribution in [-0.2, 0) is 0 Å². The van der Waals surface area contributed by atoms with E-state index in [4.69, 9.17) is 16.3 Å². The van der Waals surface area contributed by atoms with Gasteiger partial charge in [-0.25, -0.2) is 9.97 Å². The number of halogens is 2. The smallest absolute Gasteiger partial charge is 0.257 e. The van der Waals surface area contributed by atoms with Gasteiger partial charge in [0, 0.05) is 22.8 Å². The molecule has 32 heavy (non-hydrogen) atoms. The van der Waals surface area contributed by atoms with Crippen LogP contribution in [0.3, 0.4) is 0 Å². The molecule has 9 heteroatoms. The van der Waals surface area contributed by atoms with E-state index in [2.05, 4.69) is 41.4 Å². The number of aromatic nitrogens is 2. The SMILES string of the molecule is O=C(Nc1cnc(Nc2cccc(OCCN3CCCC3)c2)nc1)c1cc(Br)ccc1Cl. The van der Waals surface area contributed by atoms with Crippen LogP contribution in [-0.4, -0.2) is 47.0 Å². The Kier molecular flexibility index (Phi) is 7.57. The molecule has 0 radical (unpaired) electrons. The second-order valence-electron chi connectivity index (χ2n) is 7.42. The van der Waals surface area contributed by atoms with Crippen molar-refractivity contribution in [2.45, 2.75) is 12.8 Å². The average molecular weight is 517 g/mol. The van der Waals surface area contributed by atoms with Gasteiger partial charge in [-0.05, 0) is 56.3 Å². The Balaban J connectivity index is 1.32. The van der Waals surface area contributed by atoms with Crippen LogP contribution in [0.5, 0.6) is 5.75 Å². The first kappa shape index (κ1) is 22.5. The summed E-state index contributed by atoms with van der Waals surface area (Å²) in [5.74, 6) is 0.876. The van der Waals surface area contributed by atoms with Crippen molar-refractivity contribution in [3.05, 3.63) is 69.9 Å². The van der Waals surface area contributed by atoms with Gasteiger partial charge in [-0.3, -0.25) is 9.69 Å². The van der Waals surface area contributed by atoms with E-state index >= 15 is 0 Å². The zero-order valence-corrected chi connectivity index (χ0v) is 19.7. The number of rotatable bonds is 8. The van der Waals surface area contributed by atoms with Crippen molar-refractivity contribution in [1.29, 1.82) is 0 Å². The Labute approximate surface area is 200 Å². The molecule has 0 bridgehead atoms. The highest BCUT2D eigenvalue weighted by atomic mass is 79.9. The number of hydrogen-bond donors (Lipinski definition) is 2. The third-order valence-corrected chi connectivity index (χ3v) is 5.87. The van der Waals surface area contributed by atoms with Crippen LogP contribution < -0.4 is 15.4 Å². The van der Waals surface area contributed by atoms with E-state index in [1.54, 1.807) is 18.2 Å². The molecule has 1 amide bonds. The molecule has 3 aromatic rings. The topological polar surface area (TPSA) is 79.4 Å². The van der Waals surface area contributed by atoms with Crippen LogP contribution in [0.2, 0.25) is 5.02 Å². The highest BCUT2D eigenvalue weighted by Crippen LogP contribution is 2.23. The maximum atomic E-state index is 12.5. The second kappa shape index (κ2) is 10.8. The standard InChI is InChI=1S/C23H23BrClN5O2/c24-16-6-7-21(25)20(12-16)22(31)28-18-14-26-23(27-15-18)29-17-4-3-5-19(13-17)32-11-10-30-8-1-2-9-30/h3-7,12-15H,1-2,8-11H2,(H,28,31)(H,26,27,29). The van der Waals surface area contributed by atoms with Crippen molar-refractivity contribution in [2.24, 2.45) is 0 Å². The van der Waals surface area contributed by atoms with E-state index in [0.29, 0.717) is 28.8 Å². The maximum absolute atomic E-state index is 12.5. The van der Waals surface area contributed by atoms with Gasteiger partial charge < -0.3 is 15.4 Å². The predicted octanol–water partition coefficient (Wildman–Crippen LogP) is 5.36. The molecule has 7 nitrogen and oxygen atoms in total. The zero-order valence-electron chi connectivity index (χ0n) is 17.4. The highest BCUT2D eigenvalue weighted by molar-refractivity contribution is 9.10. The van der Waals surface area contributed by atoms with Crippen molar-refractivity contribution in [3.63, 3.8) is 0 Å². The summed E-state index contributed by atoms with van der Waals surface area (Å²) in [6.07, 6.45) is 5.63. The van der Waals surface area contributed by atoms with E-state index in [9.17, 15) is 4.79 Å². The molecule has 0 aliphatic carbocycles. The van der Waals surface area contributed by atoms with Gasteiger partial charge in [0.2, 0.25) is 5.95 Å². The lowest BCUT2D eigenvalue weighted by Crippen LogP contribution is -2.25. The minimum Gasteiger partial charge on any atom is -0.492 e. The number of carbonyl (C=O) groups is 1. The molecule has 1 fully saturated rings. The number of hydrogen-bond acceptors (Lipinski definition) is 6. The summed E-state index contributed by atoms with van der Waals surface area (Å²) in [6.45, 7) is 3.93. The molecular formula is C23H23BrClN5O2. The number of nitrogens with one attached hydrogen (secondary N) is 2. The molecular weight excluding hydrogens is 494 g/mol. The number of amides is 1. The van der Waals surface area contributed by atoms with Crippen LogP contribution >= 0.6 is 27.5 Å². The molecule has 0 unspecified atom stereocenters. The molecule has 166 valence electrons. The number of carbonyl (C=O) groups excluding carboxylic acids is 1. The Morgan fingerprint density at radius 2 is 1.88 bits per heavy atom. The molecule has 0 saturated carbocycles. The van der Waals surface area contributed by atoms with E-state index in [0.717, 1.165) is 35.5 Å². The molecule has 0 spiro atoms. The van der Waals surface area contributed by atoms with Crippen LogP contribution in [0, 0.1) is 0 Å². The van der Waals surface area contributed by atoms with Gasteiger partial charge in [-0.2, -0.15) is 0 Å². The number of nitrogens with zero attached hydrogens (tertiary/aromatic N) is 3. The molecule has 2 heterocycles. The van der Waals surface area contributed by atoms with Crippen molar-refractivity contribution in [3.8, 4) is 5.75 Å². The van der Waals surface area contributed by atoms with E-state index in [-0.39, 0.29) is 5.91 Å². The number of ether oxygens (including phenoxy) is 1. The van der Waals surface area contributed by atoms with Crippen molar-refractivity contribution in [1.82, 2.24) is 14.9 Å². The van der Waals surface area contributed by atoms with E-state index < -0.39 is 0 Å². The largest absolute Gasteiger partial charge is 0.492 e. The minimum absolute atomic E-state index is 0.334. The number of benzene rings is 2.